The first-order chi connectivity index (χ1) is 9.16. The molecule has 0 N–H and O–H groups in total. The van der Waals surface area contributed by atoms with Gasteiger partial charge in [-0.2, -0.15) is 4.67 Å². The van der Waals surface area contributed by atoms with Crippen LogP contribution in [0.5, 0.6) is 0 Å². The lowest BCUT2D eigenvalue weighted by Gasteiger charge is -2.30. The lowest BCUT2D eigenvalue weighted by Crippen LogP contribution is -3.00. The molecule has 0 saturated carbocycles. The van der Waals surface area contributed by atoms with E-state index in [1.807, 2.05) is 0 Å². The molecule has 2 rings (SSSR count). The summed E-state index contributed by atoms with van der Waals surface area (Å²) in [5.41, 5.74) is 1.43. The Morgan fingerprint density at radius 3 is 1.90 bits per heavy atom. The number of nitrogens with zero attached hydrogens (tertiary/aromatic N) is 1. The number of halogens is 1. The van der Waals surface area contributed by atoms with E-state index in [-0.39, 0.29) is 17.0 Å². The van der Waals surface area contributed by atoms with Crippen LogP contribution in [0.1, 0.15) is 12.5 Å². The number of hydrogen-bond donors (Lipinski definition) is 0. The summed E-state index contributed by atoms with van der Waals surface area (Å²) < 4.78 is 2.54. The van der Waals surface area contributed by atoms with Crippen LogP contribution in [-0.2, 0) is 6.16 Å². The first kappa shape index (κ1) is 17.4. The van der Waals surface area contributed by atoms with Crippen molar-refractivity contribution in [2.75, 3.05) is 20.3 Å². The van der Waals surface area contributed by atoms with Gasteiger partial charge in [0.05, 0.1) is 6.66 Å². The van der Waals surface area contributed by atoms with Crippen molar-refractivity contribution in [3.05, 3.63) is 66.2 Å². The van der Waals surface area contributed by atoms with Gasteiger partial charge in [-0.25, -0.2) is 0 Å². The third-order valence-corrected chi connectivity index (χ3v) is 8.04. The second kappa shape index (κ2) is 7.93. The lowest BCUT2D eigenvalue weighted by molar-refractivity contribution is -0.00000410. The molecule has 0 aliphatic carbocycles. The molecule has 1 atom stereocenters. The maximum Gasteiger partial charge on any atom is 0.117 e. The Labute approximate surface area is 134 Å². The third-order valence-electron chi connectivity index (χ3n) is 3.86. The van der Waals surface area contributed by atoms with Gasteiger partial charge in [-0.05, 0) is 24.6 Å². The highest BCUT2D eigenvalue weighted by Gasteiger charge is 2.38. The van der Waals surface area contributed by atoms with Gasteiger partial charge in [0.15, 0.2) is 0 Å². The van der Waals surface area contributed by atoms with E-state index in [4.69, 9.17) is 0 Å². The molecule has 0 aliphatic rings. The van der Waals surface area contributed by atoms with Crippen LogP contribution >= 0.6 is 7.41 Å². The minimum Gasteiger partial charge on any atom is -1.00 e. The molecule has 0 heterocycles. The van der Waals surface area contributed by atoms with Gasteiger partial charge < -0.3 is 17.0 Å². The van der Waals surface area contributed by atoms with E-state index in [1.165, 1.54) is 10.9 Å². The molecule has 20 heavy (non-hydrogen) atoms. The van der Waals surface area contributed by atoms with Crippen LogP contribution in [0.2, 0.25) is 0 Å². The summed E-state index contributed by atoms with van der Waals surface area (Å²) >= 11 is 0. The standard InChI is InChI=1S/C17H23NP.BrH/c1-4-18(2)19(3,17-13-9-6-10-14-17)15-16-11-7-5-8-12-16;/h5-14H,4,15H2,1-3H3;1H/q+1;/p-1. The summed E-state index contributed by atoms with van der Waals surface area (Å²) in [6, 6.07) is 21.8. The summed E-state index contributed by atoms with van der Waals surface area (Å²) in [5.74, 6) is 0. The smallest absolute Gasteiger partial charge is 0.117 e. The lowest BCUT2D eigenvalue weighted by atomic mass is 10.2. The van der Waals surface area contributed by atoms with Gasteiger partial charge in [0, 0.05) is 13.6 Å². The number of hydrogen-bond acceptors (Lipinski definition) is 1. The van der Waals surface area contributed by atoms with Gasteiger partial charge in [-0.1, -0.05) is 48.5 Å². The molecular formula is C17H23BrNP. The van der Waals surface area contributed by atoms with Crippen molar-refractivity contribution in [2.45, 2.75) is 13.1 Å². The van der Waals surface area contributed by atoms with Gasteiger partial charge in [0.25, 0.3) is 0 Å². The Morgan fingerprint density at radius 1 is 0.900 bits per heavy atom. The highest BCUT2D eigenvalue weighted by atomic mass is 79.9. The van der Waals surface area contributed by atoms with Gasteiger partial charge in [0.2, 0.25) is 0 Å². The zero-order valence-corrected chi connectivity index (χ0v) is 14.9. The van der Waals surface area contributed by atoms with E-state index in [0.717, 1.165) is 12.7 Å². The predicted octanol–water partition coefficient (Wildman–Crippen LogP) is 1.03. The SMILES string of the molecule is CCN(C)[P+](C)(Cc1ccccc1)c1ccccc1.[Br-]. The Hall–Kier alpha value is -0.690. The van der Waals surface area contributed by atoms with E-state index < -0.39 is 7.41 Å². The van der Waals surface area contributed by atoms with Crippen LogP contribution in [0, 0.1) is 0 Å². The monoisotopic (exact) mass is 351 g/mol. The van der Waals surface area contributed by atoms with E-state index in [1.54, 1.807) is 0 Å². The molecule has 0 fully saturated rings. The van der Waals surface area contributed by atoms with Crippen molar-refractivity contribution < 1.29 is 17.0 Å². The summed E-state index contributed by atoms with van der Waals surface area (Å²) in [5, 5.41) is 1.49. The zero-order chi connectivity index (χ0) is 13.7. The molecule has 0 aromatic heterocycles. The van der Waals surface area contributed by atoms with Gasteiger partial charge in [-0.15, -0.1) is 0 Å². The summed E-state index contributed by atoms with van der Waals surface area (Å²) in [7, 11) is 0.952. The summed E-state index contributed by atoms with van der Waals surface area (Å²) in [6.07, 6.45) is 1.14. The maximum atomic E-state index is 2.54. The fourth-order valence-corrected chi connectivity index (χ4v) is 5.59. The van der Waals surface area contributed by atoms with Crippen molar-refractivity contribution in [3.8, 4) is 0 Å². The first-order valence-corrected chi connectivity index (χ1v) is 9.21. The maximum absolute atomic E-state index is 2.54. The highest BCUT2D eigenvalue weighted by Crippen LogP contribution is 2.58. The Balaban J connectivity index is 0.00000200. The van der Waals surface area contributed by atoms with Gasteiger partial charge >= 0.3 is 0 Å². The molecule has 0 aliphatic heterocycles. The number of benzene rings is 2. The van der Waals surface area contributed by atoms with Gasteiger partial charge in [0.1, 0.15) is 18.9 Å². The highest BCUT2D eigenvalue weighted by molar-refractivity contribution is 7.79. The average Bonchev–Trinajstić information content (AvgIpc) is 2.48. The second-order valence-corrected chi connectivity index (χ2v) is 8.89. The third kappa shape index (κ3) is 3.91. The normalized spacial score (nSPS) is 13.6. The molecule has 3 heteroatoms. The van der Waals surface area contributed by atoms with E-state index in [9.17, 15) is 0 Å². The average molecular weight is 352 g/mol. The fourth-order valence-electron chi connectivity index (χ4n) is 2.41. The molecule has 2 aromatic rings. The summed E-state index contributed by atoms with van der Waals surface area (Å²) in [4.78, 5) is 0. The molecule has 108 valence electrons. The summed E-state index contributed by atoms with van der Waals surface area (Å²) in [6.45, 7) is 5.77. The van der Waals surface area contributed by atoms with Gasteiger partial charge in [-0.3, -0.25) is 0 Å². The fraction of sp³-hybridized carbons (Fsp3) is 0.294. The second-order valence-electron chi connectivity index (χ2n) is 5.09. The Bertz CT molecular complexity index is 503. The van der Waals surface area contributed by atoms with Crippen LogP contribution in [0.15, 0.2) is 60.7 Å². The van der Waals surface area contributed by atoms with E-state index in [2.05, 4.69) is 86.0 Å². The quantitative estimate of drug-likeness (QED) is 0.727. The molecular weight excluding hydrogens is 329 g/mol. The molecule has 1 unspecified atom stereocenters. The predicted molar refractivity (Wildman–Crippen MR) is 87.4 cm³/mol. The van der Waals surface area contributed by atoms with Crippen molar-refractivity contribution in [3.63, 3.8) is 0 Å². The molecule has 0 bridgehead atoms. The van der Waals surface area contributed by atoms with Crippen molar-refractivity contribution >= 4 is 12.7 Å². The van der Waals surface area contributed by atoms with Crippen LogP contribution < -0.4 is 22.3 Å². The molecule has 0 amide bonds. The Kier molecular flexibility index (Phi) is 6.88. The number of rotatable bonds is 5. The van der Waals surface area contributed by atoms with Crippen LogP contribution in [0.4, 0.5) is 0 Å². The minimum absolute atomic E-state index is 0. The van der Waals surface area contributed by atoms with Crippen LogP contribution in [0.25, 0.3) is 0 Å². The zero-order valence-electron chi connectivity index (χ0n) is 12.5. The first-order valence-electron chi connectivity index (χ1n) is 6.83. The topological polar surface area (TPSA) is 3.24 Å². The largest absolute Gasteiger partial charge is 1.00 e. The van der Waals surface area contributed by atoms with Crippen molar-refractivity contribution in [1.82, 2.24) is 4.67 Å². The van der Waals surface area contributed by atoms with Crippen LogP contribution in [0.3, 0.4) is 0 Å². The minimum atomic E-state index is -1.30. The van der Waals surface area contributed by atoms with Crippen molar-refractivity contribution in [1.29, 1.82) is 0 Å². The molecule has 1 nitrogen and oxygen atoms in total. The van der Waals surface area contributed by atoms with E-state index >= 15 is 0 Å². The molecule has 2 aromatic carbocycles. The van der Waals surface area contributed by atoms with Crippen molar-refractivity contribution in [2.24, 2.45) is 0 Å². The molecule has 0 radical (unpaired) electrons. The van der Waals surface area contributed by atoms with E-state index in [0.29, 0.717) is 0 Å². The van der Waals surface area contributed by atoms with Crippen LogP contribution in [-0.4, -0.2) is 24.9 Å². The Morgan fingerprint density at radius 2 is 1.40 bits per heavy atom. The molecule has 0 spiro atoms. The molecule has 0 saturated heterocycles.